The molecule has 0 radical (unpaired) electrons. The lowest BCUT2D eigenvalue weighted by molar-refractivity contribution is 0.0322. The van der Waals surface area contributed by atoms with Crippen LogP contribution in [0.15, 0.2) is 24.3 Å². The van der Waals surface area contributed by atoms with Gasteiger partial charge in [-0.1, -0.05) is 32.9 Å². The van der Waals surface area contributed by atoms with E-state index < -0.39 is 0 Å². The van der Waals surface area contributed by atoms with E-state index in [9.17, 15) is 0 Å². The number of morpholine rings is 1. The Bertz CT molecular complexity index is 411. The number of benzene rings is 1. The second-order valence-electron chi connectivity index (χ2n) is 6.07. The maximum absolute atomic E-state index is 5.91. The molecule has 1 aromatic carbocycles. The maximum atomic E-state index is 5.91. The second kappa shape index (κ2) is 7.09. The molecular weight excluding hydrogens is 250 g/mol. The molecule has 3 nitrogen and oxygen atoms in total. The van der Waals surface area contributed by atoms with Gasteiger partial charge in [-0.25, -0.2) is 0 Å². The van der Waals surface area contributed by atoms with E-state index in [1.807, 2.05) is 0 Å². The van der Waals surface area contributed by atoms with Crippen LogP contribution in [0.4, 0.5) is 0 Å². The van der Waals surface area contributed by atoms with Crippen LogP contribution in [0, 0.1) is 0 Å². The van der Waals surface area contributed by atoms with Gasteiger partial charge in [0.1, 0.15) is 12.4 Å². The molecule has 112 valence electrons. The van der Waals surface area contributed by atoms with Crippen molar-refractivity contribution in [2.75, 3.05) is 39.5 Å². The Balaban J connectivity index is 1.85. The molecule has 1 aromatic rings. The van der Waals surface area contributed by atoms with Crippen LogP contribution in [0.25, 0.3) is 0 Å². The maximum Gasteiger partial charge on any atom is 0.119 e. The van der Waals surface area contributed by atoms with Gasteiger partial charge in [0.15, 0.2) is 0 Å². The molecule has 1 fully saturated rings. The molecule has 0 spiro atoms. The van der Waals surface area contributed by atoms with E-state index in [0.29, 0.717) is 0 Å². The minimum absolute atomic E-state index is 0.212. The Labute approximate surface area is 122 Å². The summed E-state index contributed by atoms with van der Waals surface area (Å²) in [6, 6.07) is 8.52. The zero-order valence-corrected chi connectivity index (χ0v) is 13.0. The summed E-state index contributed by atoms with van der Waals surface area (Å²) in [5.41, 5.74) is 1.56. The van der Waals surface area contributed by atoms with Crippen molar-refractivity contribution in [1.82, 2.24) is 4.90 Å². The van der Waals surface area contributed by atoms with E-state index in [0.717, 1.165) is 51.6 Å². The number of nitrogens with zero attached hydrogens (tertiary/aromatic N) is 1. The average Bonchev–Trinajstić information content (AvgIpc) is 2.49. The van der Waals surface area contributed by atoms with Crippen LogP contribution in [0.3, 0.4) is 0 Å². The zero-order chi connectivity index (χ0) is 14.4. The third-order valence-electron chi connectivity index (χ3n) is 4.28. The van der Waals surface area contributed by atoms with E-state index in [-0.39, 0.29) is 5.41 Å². The smallest absolute Gasteiger partial charge is 0.119 e. The van der Waals surface area contributed by atoms with Crippen LogP contribution >= 0.6 is 0 Å². The molecule has 1 saturated heterocycles. The third kappa shape index (κ3) is 4.22. The van der Waals surface area contributed by atoms with E-state index in [1.165, 1.54) is 5.56 Å². The first-order chi connectivity index (χ1) is 9.62. The van der Waals surface area contributed by atoms with Crippen molar-refractivity contribution in [1.29, 1.82) is 0 Å². The normalized spacial score (nSPS) is 17.1. The highest BCUT2D eigenvalue weighted by molar-refractivity contribution is 5.33. The number of hydrogen-bond donors (Lipinski definition) is 0. The van der Waals surface area contributed by atoms with Crippen LogP contribution < -0.4 is 4.74 Å². The van der Waals surface area contributed by atoms with Crippen molar-refractivity contribution < 1.29 is 9.47 Å². The summed E-state index contributed by atoms with van der Waals surface area (Å²) in [5.74, 6) is 0.984. The van der Waals surface area contributed by atoms with Gasteiger partial charge in [-0.2, -0.15) is 0 Å². The largest absolute Gasteiger partial charge is 0.492 e. The van der Waals surface area contributed by atoms with E-state index in [2.05, 4.69) is 49.9 Å². The van der Waals surface area contributed by atoms with Crippen molar-refractivity contribution in [3.05, 3.63) is 29.8 Å². The predicted octanol–water partition coefficient (Wildman–Crippen LogP) is 3.09. The lowest BCUT2D eigenvalue weighted by Gasteiger charge is -2.26. The van der Waals surface area contributed by atoms with Crippen molar-refractivity contribution >= 4 is 0 Å². The summed E-state index contributed by atoms with van der Waals surface area (Å²) in [6.07, 6.45) is 1.13. The van der Waals surface area contributed by atoms with Gasteiger partial charge in [0.05, 0.1) is 13.2 Å². The van der Waals surface area contributed by atoms with Gasteiger partial charge in [0, 0.05) is 19.6 Å². The van der Waals surface area contributed by atoms with Crippen LogP contribution in [-0.4, -0.2) is 44.4 Å². The minimum Gasteiger partial charge on any atom is -0.492 e. The van der Waals surface area contributed by atoms with Gasteiger partial charge in [0.25, 0.3) is 0 Å². The topological polar surface area (TPSA) is 21.7 Å². The van der Waals surface area contributed by atoms with Crippen LogP contribution in [0.5, 0.6) is 5.75 Å². The molecule has 1 aliphatic rings. The molecule has 0 unspecified atom stereocenters. The fourth-order valence-corrected chi connectivity index (χ4v) is 2.33. The molecule has 0 saturated carbocycles. The van der Waals surface area contributed by atoms with Crippen LogP contribution in [0.2, 0.25) is 0 Å². The summed E-state index contributed by atoms with van der Waals surface area (Å²) >= 11 is 0. The highest BCUT2D eigenvalue weighted by Crippen LogP contribution is 2.29. The van der Waals surface area contributed by atoms with Crippen molar-refractivity contribution in [2.45, 2.75) is 32.6 Å². The molecule has 2 rings (SSSR count). The molecule has 0 amide bonds. The number of rotatable bonds is 6. The molecule has 0 aromatic heterocycles. The Morgan fingerprint density at radius 2 is 2.00 bits per heavy atom. The molecule has 1 aliphatic heterocycles. The molecule has 0 bridgehead atoms. The lowest BCUT2D eigenvalue weighted by Crippen LogP contribution is -2.38. The van der Waals surface area contributed by atoms with Crippen LogP contribution in [0.1, 0.15) is 32.8 Å². The molecule has 0 aliphatic carbocycles. The second-order valence-corrected chi connectivity index (χ2v) is 6.07. The highest BCUT2D eigenvalue weighted by Gasteiger charge is 2.18. The summed E-state index contributed by atoms with van der Waals surface area (Å²) < 4.78 is 11.3. The van der Waals surface area contributed by atoms with Gasteiger partial charge in [-0.05, 0) is 29.5 Å². The first-order valence-electron chi connectivity index (χ1n) is 7.65. The summed E-state index contributed by atoms with van der Waals surface area (Å²) in [5, 5.41) is 0. The van der Waals surface area contributed by atoms with Crippen LogP contribution in [-0.2, 0) is 10.2 Å². The fraction of sp³-hybridized carbons (Fsp3) is 0.647. The highest BCUT2D eigenvalue weighted by atomic mass is 16.5. The number of ether oxygens (including phenoxy) is 2. The lowest BCUT2D eigenvalue weighted by atomic mass is 9.82. The minimum atomic E-state index is 0.212. The summed E-state index contributed by atoms with van der Waals surface area (Å²) in [6.45, 7) is 12.2. The Morgan fingerprint density at radius 3 is 2.70 bits per heavy atom. The quantitative estimate of drug-likeness (QED) is 0.797. The Morgan fingerprint density at radius 1 is 1.25 bits per heavy atom. The van der Waals surface area contributed by atoms with E-state index in [1.54, 1.807) is 0 Å². The molecule has 0 N–H and O–H groups in total. The standard InChI is InChI=1S/C17H27NO2/c1-4-17(2,3)15-6-5-7-16(14-15)20-13-10-18-8-11-19-12-9-18/h5-7,14H,4,8-13H2,1-3H3. The summed E-state index contributed by atoms with van der Waals surface area (Å²) in [4.78, 5) is 2.39. The molecular formula is C17H27NO2. The molecule has 0 atom stereocenters. The Kier molecular flexibility index (Phi) is 5.44. The Hall–Kier alpha value is -1.06. The van der Waals surface area contributed by atoms with Gasteiger partial charge >= 0.3 is 0 Å². The van der Waals surface area contributed by atoms with Gasteiger partial charge in [0.2, 0.25) is 0 Å². The van der Waals surface area contributed by atoms with Crippen molar-refractivity contribution in [3.63, 3.8) is 0 Å². The first-order valence-corrected chi connectivity index (χ1v) is 7.65. The van der Waals surface area contributed by atoms with Gasteiger partial charge < -0.3 is 9.47 Å². The monoisotopic (exact) mass is 277 g/mol. The van der Waals surface area contributed by atoms with Gasteiger partial charge in [-0.15, -0.1) is 0 Å². The predicted molar refractivity (Wildman–Crippen MR) is 82.5 cm³/mol. The third-order valence-corrected chi connectivity index (χ3v) is 4.28. The van der Waals surface area contributed by atoms with E-state index in [4.69, 9.17) is 9.47 Å². The fourth-order valence-electron chi connectivity index (χ4n) is 2.33. The average molecular weight is 277 g/mol. The van der Waals surface area contributed by atoms with Crippen molar-refractivity contribution in [3.8, 4) is 5.75 Å². The number of hydrogen-bond acceptors (Lipinski definition) is 3. The SMILES string of the molecule is CCC(C)(C)c1cccc(OCCN2CCOCC2)c1. The molecule has 20 heavy (non-hydrogen) atoms. The first kappa shape index (κ1) is 15.3. The van der Waals surface area contributed by atoms with Crippen molar-refractivity contribution in [2.24, 2.45) is 0 Å². The zero-order valence-electron chi connectivity index (χ0n) is 13.0. The molecule has 3 heteroatoms. The molecule has 1 heterocycles. The summed E-state index contributed by atoms with van der Waals surface area (Å²) in [7, 11) is 0. The van der Waals surface area contributed by atoms with E-state index >= 15 is 0 Å². The van der Waals surface area contributed by atoms with Gasteiger partial charge in [-0.3, -0.25) is 4.90 Å².